The van der Waals surface area contributed by atoms with Crippen LogP contribution in [-0.2, 0) is 12.8 Å². The van der Waals surface area contributed by atoms with Crippen LogP contribution in [0.1, 0.15) is 17.7 Å². The molecular weight excluding hydrogens is 160 g/mol. The number of rotatable bonds is 0. The molecule has 2 nitrogen and oxygen atoms in total. The van der Waals surface area contributed by atoms with E-state index in [2.05, 4.69) is 11.1 Å². The van der Waals surface area contributed by atoms with Gasteiger partial charge in [0, 0.05) is 22.3 Å². The highest BCUT2D eigenvalue weighted by Gasteiger charge is 2.17. The van der Waals surface area contributed by atoms with Crippen molar-refractivity contribution in [1.82, 2.24) is 4.98 Å². The number of aromatic nitrogens is 1. The van der Waals surface area contributed by atoms with Crippen molar-refractivity contribution in [3.8, 4) is 0 Å². The van der Waals surface area contributed by atoms with Crippen LogP contribution in [0.5, 0.6) is 0 Å². The number of fused-ring (bicyclic) bond motifs is 3. The van der Waals surface area contributed by atoms with Crippen LogP contribution in [0, 0.1) is 0 Å². The molecule has 0 atom stereocenters. The van der Waals surface area contributed by atoms with Crippen LogP contribution in [0.25, 0.3) is 10.9 Å². The maximum atomic E-state index is 5.95. The average molecular weight is 172 g/mol. The first-order valence-corrected chi connectivity index (χ1v) is 4.74. The highest BCUT2D eigenvalue weighted by Crippen LogP contribution is 2.32. The summed E-state index contributed by atoms with van der Waals surface area (Å²) in [4.78, 5) is 3.44. The molecule has 66 valence electrons. The molecule has 1 aromatic carbocycles. The summed E-state index contributed by atoms with van der Waals surface area (Å²) in [5.41, 5.74) is 10.9. The molecule has 13 heavy (non-hydrogen) atoms. The van der Waals surface area contributed by atoms with Crippen molar-refractivity contribution in [2.24, 2.45) is 0 Å². The zero-order valence-corrected chi connectivity index (χ0v) is 7.43. The van der Waals surface area contributed by atoms with Crippen LogP contribution < -0.4 is 5.73 Å². The van der Waals surface area contributed by atoms with Crippen LogP contribution in [-0.4, -0.2) is 4.98 Å². The number of anilines is 1. The number of H-pyrrole nitrogens is 1. The smallest absolute Gasteiger partial charge is 0.0479 e. The Bertz CT molecular complexity index is 468. The molecule has 1 aromatic heterocycles. The summed E-state index contributed by atoms with van der Waals surface area (Å²) in [6, 6.07) is 6.09. The van der Waals surface area contributed by atoms with E-state index in [0.717, 1.165) is 5.69 Å². The van der Waals surface area contributed by atoms with E-state index < -0.39 is 0 Å². The van der Waals surface area contributed by atoms with Crippen LogP contribution in [0.3, 0.4) is 0 Å². The number of nitrogens with one attached hydrogen (secondary N) is 1. The van der Waals surface area contributed by atoms with E-state index in [1.807, 2.05) is 12.1 Å². The first kappa shape index (κ1) is 7.01. The third-order valence-corrected chi connectivity index (χ3v) is 2.90. The van der Waals surface area contributed by atoms with Gasteiger partial charge in [-0.15, -0.1) is 0 Å². The number of hydrogen-bond acceptors (Lipinski definition) is 1. The number of aromatic amines is 1. The summed E-state index contributed by atoms with van der Waals surface area (Å²) in [5.74, 6) is 0. The van der Waals surface area contributed by atoms with Crippen molar-refractivity contribution >= 4 is 16.6 Å². The third-order valence-electron chi connectivity index (χ3n) is 2.90. The molecule has 0 fully saturated rings. The van der Waals surface area contributed by atoms with Crippen LogP contribution >= 0.6 is 0 Å². The number of nitrogen functional groups attached to an aromatic ring is 1. The van der Waals surface area contributed by atoms with E-state index >= 15 is 0 Å². The Morgan fingerprint density at radius 1 is 1.23 bits per heavy atom. The van der Waals surface area contributed by atoms with E-state index in [0.29, 0.717) is 0 Å². The van der Waals surface area contributed by atoms with Gasteiger partial charge in [0.05, 0.1) is 0 Å². The van der Waals surface area contributed by atoms with Gasteiger partial charge in [0.25, 0.3) is 0 Å². The fourth-order valence-corrected chi connectivity index (χ4v) is 2.33. The summed E-state index contributed by atoms with van der Waals surface area (Å²) in [7, 11) is 0. The van der Waals surface area contributed by atoms with Crippen molar-refractivity contribution in [1.29, 1.82) is 0 Å². The summed E-state index contributed by atoms with van der Waals surface area (Å²) in [5, 5.41) is 1.26. The summed E-state index contributed by atoms with van der Waals surface area (Å²) >= 11 is 0. The molecule has 0 saturated heterocycles. The second kappa shape index (κ2) is 2.28. The highest BCUT2D eigenvalue weighted by molar-refractivity contribution is 5.95. The van der Waals surface area contributed by atoms with Gasteiger partial charge in [-0.3, -0.25) is 0 Å². The molecule has 1 heterocycles. The first-order valence-electron chi connectivity index (χ1n) is 4.74. The highest BCUT2D eigenvalue weighted by atomic mass is 14.7. The molecule has 0 amide bonds. The SMILES string of the molecule is Nc1cccc2[nH]c3c(c12)CCC3. The quantitative estimate of drug-likeness (QED) is 0.588. The fourth-order valence-electron chi connectivity index (χ4n) is 2.33. The minimum absolute atomic E-state index is 0.914. The molecule has 0 aliphatic heterocycles. The summed E-state index contributed by atoms with van der Waals surface area (Å²) < 4.78 is 0. The molecule has 1 aliphatic rings. The lowest BCUT2D eigenvalue weighted by Crippen LogP contribution is -1.86. The maximum Gasteiger partial charge on any atom is 0.0479 e. The van der Waals surface area contributed by atoms with Gasteiger partial charge in [-0.05, 0) is 37.0 Å². The first-order chi connectivity index (χ1) is 6.36. The lowest BCUT2D eigenvalue weighted by molar-refractivity contribution is 0.899. The molecule has 0 radical (unpaired) electrons. The molecule has 1 aliphatic carbocycles. The Morgan fingerprint density at radius 3 is 3.08 bits per heavy atom. The average Bonchev–Trinajstić information content (AvgIpc) is 2.62. The topological polar surface area (TPSA) is 41.8 Å². The molecule has 0 unspecified atom stereocenters. The molecule has 0 saturated carbocycles. The molecule has 0 bridgehead atoms. The number of hydrogen-bond donors (Lipinski definition) is 2. The maximum absolute atomic E-state index is 5.95. The Kier molecular flexibility index (Phi) is 1.23. The van der Waals surface area contributed by atoms with Crippen LogP contribution in [0.4, 0.5) is 5.69 Å². The lowest BCUT2D eigenvalue weighted by Gasteiger charge is -1.97. The Balaban J connectivity index is 2.46. The van der Waals surface area contributed by atoms with Crippen molar-refractivity contribution < 1.29 is 0 Å². The van der Waals surface area contributed by atoms with Gasteiger partial charge >= 0.3 is 0 Å². The summed E-state index contributed by atoms with van der Waals surface area (Å²) in [6.45, 7) is 0. The van der Waals surface area contributed by atoms with Crippen molar-refractivity contribution in [3.63, 3.8) is 0 Å². The zero-order valence-electron chi connectivity index (χ0n) is 7.43. The Morgan fingerprint density at radius 2 is 2.15 bits per heavy atom. The Hall–Kier alpha value is -1.44. The molecule has 2 aromatic rings. The number of benzene rings is 1. The standard InChI is InChI=1S/C11H12N2/c12-8-4-2-6-10-11(8)7-3-1-5-9(7)13-10/h2,4,6,13H,1,3,5,12H2. The van der Waals surface area contributed by atoms with E-state index in [-0.39, 0.29) is 0 Å². The summed E-state index contributed by atoms with van der Waals surface area (Å²) in [6.07, 6.45) is 3.64. The van der Waals surface area contributed by atoms with Crippen LogP contribution in [0.2, 0.25) is 0 Å². The van der Waals surface area contributed by atoms with Crippen molar-refractivity contribution in [3.05, 3.63) is 29.5 Å². The Labute approximate surface area is 76.8 Å². The van der Waals surface area contributed by atoms with E-state index in [1.165, 1.54) is 41.4 Å². The van der Waals surface area contributed by atoms with Gasteiger partial charge in [-0.1, -0.05) is 6.07 Å². The monoisotopic (exact) mass is 172 g/mol. The van der Waals surface area contributed by atoms with E-state index in [1.54, 1.807) is 0 Å². The minimum Gasteiger partial charge on any atom is -0.398 e. The van der Waals surface area contributed by atoms with Gasteiger partial charge in [-0.25, -0.2) is 0 Å². The van der Waals surface area contributed by atoms with Crippen molar-refractivity contribution in [2.75, 3.05) is 5.73 Å². The van der Waals surface area contributed by atoms with Gasteiger partial charge in [-0.2, -0.15) is 0 Å². The predicted octanol–water partition coefficient (Wildman–Crippen LogP) is 2.24. The molecule has 3 rings (SSSR count). The normalized spacial score (nSPS) is 15.1. The van der Waals surface area contributed by atoms with Crippen LogP contribution in [0.15, 0.2) is 18.2 Å². The predicted molar refractivity (Wildman–Crippen MR) is 54.7 cm³/mol. The second-order valence-electron chi connectivity index (χ2n) is 3.71. The fraction of sp³-hybridized carbons (Fsp3) is 0.273. The zero-order chi connectivity index (χ0) is 8.84. The third kappa shape index (κ3) is 0.829. The minimum atomic E-state index is 0.914. The van der Waals surface area contributed by atoms with Gasteiger partial charge in [0.1, 0.15) is 0 Å². The van der Waals surface area contributed by atoms with Gasteiger partial charge in [0.15, 0.2) is 0 Å². The van der Waals surface area contributed by atoms with Gasteiger partial charge in [0.2, 0.25) is 0 Å². The molecule has 2 heteroatoms. The largest absolute Gasteiger partial charge is 0.398 e. The van der Waals surface area contributed by atoms with E-state index in [9.17, 15) is 0 Å². The molecule has 3 N–H and O–H groups in total. The number of nitrogens with two attached hydrogens (primary N) is 1. The second-order valence-corrected chi connectivity index (χ2v) is 3.71. The lowest BCUT2D eigenvalue weighted by atomic mass is 10.1. The van der Waals surface area contributed by atoms with E-state index in [4.69, 9.17) is 5.73 Å². The number of aryl methyl sites for hydroxylation is 2. The molecule has 0 spiro atoms. The molecular formula is C11H12N2. The van der Waals surface area contributed by atoms with Crippen molar-refractivity contribution in [2.45, 2.75) is 19.3 Å². The van der Waals surface area contributed by atoms with Gasteiger partial charge < -0.3 is 10.7 Å².